The van der Waals surface area contributed by atoms with Gasteiger partial charge in [-0.25, -0.2) is 0 Å². The van der Waals surface area contributed by atoms with E-state index in [1.54, 1.807) is 0 Å². The molecular weight excluding hydrogens is 388 g/mol. The van der Waals surface area contributed by atoms with Gasteiger partial charge >= 0.3 is 0 Å². The van der Waals surface area contributed by atoms with Crippen molar-refractivity contribution in [3.8, 4) is 0 Å². The third-order valence-electron chi connectivity index (χ3n) is 6.02. The van der Waals surface area contributed by atoms with Crippen LogP contribution in [0.4, 0.5) is 0 Å². The van der Waals surface area contributed by atoms with Crippen LogP contribution in [0.2, 0.25) is 0 Å². The van der Waals surface area contributed by atoms with E-state index in [9.17, 15) is 4.79 Å². The average molecular weight is 419 g/mol. The van der Waals surface area contributed by atoms with Crippen LogP contribution >= 0.6 is 0 Å². The average Bonchev–Trinajstić information content (AvgIpc) is 3.06. The van der Waals surface area contributed by atoms with Crippen molar-refractivity contribution in [2.75, 3.05) is 0 Å². The molecule has 32 heavy (non-hydrogen) atoms. The second-order valence-corrected chi connectivity index (χ2v) is 8.68. The topological polar surface area (TPSA) is 17.1 Å². The third kappa shape index (κ3) is 5.82. The molecule has 1 nitrogen and oxygen atoms in total. The number of hydrogen-bond donors (Lipinski definition) is 0. The highest BCUT2D eigenvalue weighted by molar-refractivity contribution is 6.10. The summed E-state index contributed by atoms with van der Waals surface area (Å²) < 4.78 is 0. The fraction of sp³-hybridized carbons (Fsp3) is 0.194. The highest BCUT2D eigenvalue weighted by Crippen LogP contribution is 2.20. The van der Waals surface area contributed by atoms with Gasteiger partial charge in [0.25, 0.3) is 0 Å². The number of benzene rings is 3. The lowest BCUT2D eigenvalue weighted by Gasteiger charge is -2.06. The number of allylic oxidation sites excluding steroid dienone is 6. The van der Waals surface area contributed by atoms with Crippen molar-refractivity contribution in [1.29, 1.82) is 0 Å². The standard InChI is InChI=1S/C31H30O/c1-23-6-10-27(11-7-23)22-28-16-14-26(15-17-28)13-12-25-4-3-5-29(21-18-25)31(32)30-19-8-24(2)9-20-30/h4-11,14-21H,3,12-13,22H2,1-2H3. The molecule has 0 unspecified atom stereocenters. The Hall–Kier alpha value is -3.45. The van der Waals surface area contributed by atoms with Gasteiger partial charge in [0, 0.05) is 11.1 Å². The van der Waals surface area contributed by atoms with Crippen molar-refractivity contribution in [3.05, 3.63) is 142 Å². The highest BCUT2D eigenvalue weighted by Gasteiger charge is 2.11. The third-order valence-corrected chi connectivity index (χ3v) is 6.02. The Morgan fingerprint density at radius 2 is 1.22 bits per heavy atom. The zero-order chi connectivity index (χ0) is 22.3. The van der Waals surface area contributed by atoms with Crippen LogP contribution in [0.1, 0.15) is 51.0 Å². The molecule has 1 aliphatic rings. The van der Waals surface area contributed by atoms with Crippen LogP contribution in [0, 0.1) is 13.8 Å². The smallest absolute Gasteiger partial charge is 0.192 e. The van der Waals surface area contributed by atoms with Crippen molar-refractivity contribution >= 4 is 5.78 Å². The Morgan fingerprint density at radius 3 is 1.88 bits per heavy atom. The molecule has 0 saturated carbocycles. The molecule has 1 heteroatoms. The maximum Gasteiger partial charge on any atom is 0.192 e. The maximum absolute atomic E-state index is 12.8. The normalized spacial score (nSPS) is 13.3. The summed E-state index contributed by atoms with van der Waals surface area (Å²) in [6.07, 6.45) is 12.1. The van der Waals surface area contributed by atoms with Crippen molar-refractivity contribution in [1.82, 2.24) is 0 Å². The van der Waals surface area contributed by atoms with E-state index in [0.29, 0.717) is 0 Å². The van der Waals surface area contributed by atoms with Crippen LogP contribution in [0.15, 0.2) is 108 Å². The molecule has 0 saturated heterocycles. The molecule has 0 amide bonds. The number of rotatable bonds is 7. The van der Waals surface area contributed by atoms with E-state index in [0.717, 1.165) is 36.8 Å². The van der Waals surface area contributed by atoms with E-state index in [1.807, 2.05) is 43.3 Å². The van der Waals surface area contributed by atoms with Crippen molar-refractivity contribution in [2.24, 2.45) is 0 Å². The summed E-state index contributed by atoms with van der Waals surface area (Å²) in [6.45, 7) is 4.16. The summed E-state index contributed by atoms with van der Waals surface area (Å²) in [4.78, 5) is 12.8. The molecule has 160 valence electrons. The van der Waals surface area contributed by atoms with Gasteiger partial charge in [0.05, 0.1) is 0 Å². The molecule has 3 aromatic carbocycles. The lowest BCUT2D eigenvalue weighted by atomic mass is 9.99. The molecule has 0 N–H and O–H groups in total. The summed E-state index contributed by atoms with van der Waals surface area (Å²) >= 11 is 0. The van der Waals surface area contributed by atoms with Gasteiger partial charge < -0.3 is 0 Å². The summed E-state index contributed by atoms with van der Waals surface area (Å²) in [6, 6.07) is 25.5. The largest absolute Gasteiger partial charge is 0.289 e. The predicted octanol–water partition coefficient (Wildman–Crippen LogP) is 7.52. The van der Waals surface area contributed by atoms with Crippen molar-refractivity contribution in [3.63, 3.8) is 0 Å². The first-order valence-electron chi connectivity index (χ1n) is 11.4. The fourth-order valence-electron chi connectivity index (χ4n) is 3.95. The predicted molar refractivity (Wildman–Crippen MR) is 134 cm³/mol. The highest BCUT2D eigenvalue weighted by atomic mass is 16.1. The van der Waals surface area contributed by atoms with E-state index >= 15 is 0 Å². The Labute approximate surface area is 191 Å². The first kappa shape index (κ1) is 21.8. The molecule has 0 fully saturated rings. The van der Waals surface area contributed by atoms with E-state index in [2.05, 4.69) is 67.6 Å². The number of ketones is 1. The zero-order valence-corrected chi connectivity index (χ0v) is 19.0. The molecule has 0 heterocycles. The Bertz CT molecular complexity index is 1150. The van der Waals surface area contributed by atoms with E-state index in [1.165, 1.54) is 33.4 Å². The van der Waals surface area contributed by atoms with Gasteiger partial charge in [-0.1, -0.05) is 114 Å². The van der Waals surface area contributed by atoms with Crippen LogP contribution in [0.3, 0.4) is 0 Å². The Kier molecular flexibility index (Phi) is 6.97. The summed E-state index contributed by atoms with van der Waals surface area (Å²) in [5.74, 6) is 0.0973. The molecule has 0 radical (unpaired) electrons. The minimum atomic E-state index is 0.0973. The number of aryl methyl sites for hydroxylation is 3. The van der Waals surface area contributed by atoms with Crippen molar-refractivity contribution < 1.29 is 4.79 Å². The molecule has 1 aliphatic carbocycles. The van der Waals surface area contributed by atoms with E-state index in [-0.39, 0.29) is 5.78 Å². The lowest BCUT2D eigenvalue weighted by molar-refractivity contribution is 0.103. The fourth-order valence-corrected chi connectivity index (χ4v) is 3.95. The van der Waals surface area contributed by atoms with Crippen LogP contribution in [0.25, 0.3) is 0 Å². The first-order valence-corrected chi connectivity index (χ1v) is 11.4. The molecule has 0 bridgehead atoms. The maximum atomic E-state index is 12.8. The first-order chi connectivity index (χ1) is 15.6. The summed E-state index contributed by atoms with van der Waals surface area (Å²) in [7, 11) is 0. The monoisotopic (exact) mass is 418 g/mol. The second-order valence-electron chi connectivity index (χ2n) is 8.68. The lowest BCUT2D eigenvalue weighted by Crippen LogP contribution is -2.01. The van der Waals surface area contributed by atoms with Crippen LogP contribution in [0.5, 0.6) is 0 Å². The number of carbonyl (C=O) groups is 1. The quantitative estimate of drug-likeness (QED) is 0.363. The summed E-state index contributed by atoms with van der Waals surface area (Å²) in [5, 5.41) is 0. The molecule has 0 atom stereocenters. The minimum absolute atomic E-state index is 0.0973. The van der Waals surface area contributed by atoms with Gasteiger partial charge in [-0.15, -0.1) is 0 Å². The van der Waals surface area contributed by atoms with Gasteiger partial charge in [0.1, 0.15) is 0 Å². The van der Waals surface area contributed by atoms with Crippen LogP contribution in [-0.2, 0) is 12.8 Å². The zero-order valence-electron chi connectivity index (χ0n) is 19.0. The number of hydrogen-bond acceptors (Lipinski definition) is 1. The molecule has 0 spiro atoms. The molecule has 0 aliphatic heterocycles. The van der Waals surface area contributed by atoms with Gasteiger partial charge in [-0.05, 0) is 56.2 Å². The summed E-state index contributed by atoms with van der Waals surface area (Å²) in [5.41, 5.74) is 9.32. The molecule has 0 aromatic heterocycles. The Balaban J connectivity index is 1.31. The van der Waals surface area contributed by atoms with Crippen molar-refractivity contribution in [2.45, 2.75) is 39.5 Å². The number of carbonyl (C=O) groups excluding carboxylic acids is 1. The van der Waals surface area contributed by atoms with Gasteiger partial charge in [-0.2, -0.15) is 0 Å². The van der Waals surface area contributed by atoms with Crippen LogP contribution in [-0.4, -0.2) is 5.78 Å². The van der Waals surface area contributed by atoms with E-state index < -0.39 is 0 Å². The molecule has 4 rings (SSSR count). The second kappa shape index (κ2) is 10.2. The van der Waals surface area contributed by atoms with Crippen LogP contribution < -0.4 is 0 Å². The Morgan fingerprint density at radius 1 is 0.656 bits per heavy atom. The van der Waals surface area contributed by atoms with Gasteiger partial charge in [-0.3, -0.25) is 4.79 Å². The van der Waals surface area contributed by atoms with Gasteiger partial charge in [0.15, 0.2) is 5.78 Å². The van der Waals surface area contributed by atoms with Gasteiger partial charge in [0.2, 0.25) is 0 Å². The van der Waals surface area contributed by atoms with E-state index in [4.69, 9.17) is 0 Å². The molecular formula is C31H30O. The minimum Gasteiger partial charge on any atom is -0.289 e. The number of Topliss-reactive ketones (excluding diaryl/α,β-unsaturated/α-hetero) is 1. The SMILES string of the molecule is Cc1ccc(Cc2ccc(CCC3=CCC=C(C(=O)c4ccc(C)cc4)C=C3)cc2)cc1. The molecule has 3 aromatic rings.